The lowest BCUT2D eigenvalue weighted by Gasteiger charge is -2.21. The molecule has 2 atom stereocenters. The maximum Gasteiger partial charge on any atom is 0.326 e. The van der Waals surface area contributed by atoms with E-state index in [2.05, 4.69) is 4.98 Å². The molecule has 2 unspecified atom stereocenters. The molecule has 1 fully saturated rings. The van der Waals surface area contributed by atoms with Crippen molar-refractivity contribution in [3.05, 3.63) is 40.4 Å². The van der Waals surface area contributed by atoms with Crippen molar-refractivity contribution in [1.82, 2.24) is 14.5 Å². The Hall–Kier alpha value is -2.74. The van der Waals surface area contributed by atoms with Gasteiger partial charge in [0.15, 0.2) is 0 Å². The normalized spacial score (nSPS) is 19.8. The zero-order valence-corrected chi connectivity index (χ0v) is 14.7. The first-order valence-electron chi connectivity index (χ1n) is 8.42. The van der Waals surface area contributed by atoms with Crippen LogP contribution < -0.4 is 5.56 Å². The third-order valence-corrected chi connectivity index (χ3v) is 4.82. The largest absolute Gasteiger partial charge is 0.480 e. The summed E-state index contributed by atoms with van der Waals surface area (Å²) in [5, 5.41) is 9.81. The molecular formula is C18H21N3O5. The first-order valence-corrected chi connectivity index (χ1v) is 8.42. The monoisotopic (exact) mass is 359 g/mol. The van der Waals surface area contributed by atoms with Crippen molar-refractivity contribution in [2.45, 2.75) is 38.5 Å². The molecule has 0 aliphatic carbocycles. The molecule has 1 aliphatic heterocycles. The number of carbonyl (C=O) groups is 2. The van der Waals surface area contributed by atoms with Crippen LogP contribution in [0.5, 0.6) is 0 Å². The summed E-state index contributed by atoms with van der Waals surface area (Å²) in [7, 11) is 1.50. The number of hydrogen-bond donors (Lipinski definition) is 1. The van der Waals surface area contributed by atoms with Gasteiger partial charge in [-0.1, -0.05) is 12.1 Å². The average Bonchev–Trinajstić information content (AvgIpc) is 3.06. The molecule has 2 aromatic rings. The Bertz CT molecular complexity index is 907. The highest BCUT2D eigenvalue weighted by molar-refractivity contribution is 5.84. The van der Waals surface area contributed by atoms with Gasteiger partial charge in [0.1, 0.15) is 6.04 Å². The number of carboxylic acid groups (broad SMARTS) is 1. The zero-order chi connectivity index (χ0) is 18.8. The van der Waals surface area contributed by atoms with Crippen LogP contribution in [-0.2, 0) is 20.9 Å². The summed E-state index contributed by atoms with van der Waals surface area (Å²) in [4.78, 5) is 42.1. The molecule has 0 radical (unpaired) electrons. The van der Waals surface area contributed by atoms with Gasteiger partial charge in [0, 0.05) is 33.0 Å². The number of aromatic nitrogens is 2. The summed E-state index contributed by atoms with van der Waals surface area (Å²) in [6.45, 7) is 2.28. The Morgan fingerprint density at radius 2 is 2.15 bits per heavy atom. The highest BCUT2D eigenvalue weighted by Crippen LogP contribution is 2.21. The number of ether oxygens (including phenoxy) is 1. The van der Waals surface area contributed by atoms with Crippen LogP contribution in [0.4, 0.5) is 0 Å². The fourth-order valence-electron chi connectivity index (χ4n) is 3.33. The first-order chi connectivity index (χ1) is 12.4. The van der Waals surface area contributed by atoms with Gasteiger partial charge in [-0.2, -0.15) is 0 Å². The fraction of sp³-hybridized carbons (Fsp3) is 0.444. The van der Waals surface area contributed by atoms with Crippen molar-refractivity contribution in [2.75, 3.05) is 13.7 Å². The highest BCUT2D eigenvalue weighted by atomic mass is 16.5. The number of para-hydroxylation sites is 1. The van der Waals surface area contributed by atoms with E-state index in [4.69, 9.17) is 4.74 Å². The van der Waals surface area contributed by atoms with Crippen LogP contribution in [0.2, 0.25) is 0 Å². The lowest BCUT2D eigenvalue weighted by atomic mass is 10.1. The summed E-state index contributed by atoms with van der Waals surface area (Å²) in [6, 6.07) is 4.50. The summed E-state index contributed by atoms with van der Waals surface area (Å²) >= 11 is 0. The van der Waals surface area contributed by atoms with Crippen LogP contribution in [0, 0.1) is 6.92 Å². The molecule has 0 bridgehead atoms. The molecule has 1 aromatic heterocycles. The lowest BCUT2D eigenvalue weighted by Crippen LogP contribution is -2.41. The number of aryl methyl sites for hydroxylation is 2. The van der Waals surface area contributed by atoms with Gasteiger partial charge in [-0.05, 0) is 18.6 Å². The second kappa shape index (κ2) is 7.25. The lowest BCUT2D eigenvalue weighted by molar-refractivity contribution is -0.148. The van der Waals surface area contributed by atoms with Gasteiger partial charge in [0.25, 0.3) is 5.56 Å². The van der Waals surface area contributed by atoms with Gasteiger partial charge in [0.05, 0.1) is 23.3 Å². The summed E-state index contributed by atoms with van der Waals surface area (Å²) in [5.41, 5.74) is 1.35. The van der Waals surface area contributed by atoms with Gasteiger partial charge in [-0.15, -0.1) is 0 Å². The number of fused-ring (bicyclic) bond motifs is 1. The van der Waals surface area contributed by atoms with Gasteiger partial charge in [-0.25, -0.2) is 9.78 Å². The number of carbonyl (C=O) groups excluding carboxylic acids is 1. The van der Waals surface area contributed by atoms with E-state index in [9.17, 15) is 19.5 Å². The number of benzene rings is 1. The number of aliphatic carboxylic acids is 1. The number of rotatable bonds is 5. The van der Waals surface area contributed by atoms with Crippen LogP contribution in [-0.4, -0.2) is 57.2 Å². The van der Waals surface area contributed by atoms with Crippen molar-refractivity contribution in [1.29, 1.82) is 0 Å². The molecule has 0 saturated carbocycles. The molecule has 1 amide bonds. The maximum atomic E-state index is 12.6. The number of carboxylic acids is 1. The Kier molecular flexibility index (Phi) is 5.03. The third kappa shape index (κ3) is 3.32. The highest BCUT2D eigenvalue weighted by Gasteiger charge is 2.39. The van der Waals surface area contributed by atoms with Crippen molar-refractivity contribution >= 4 is 22.8 Å². The van der Waals surface area contributed by atoms with E-state index in [1.54, 1.807) is 12.1 Å². The van der Waals surface area contributed by atoms with Crippen LogP contribution in [0.3, 0.4) is 0 Å². The Morgan fingerprint density at radius 1 is 1.38 bits per heavy atom. The van der Waals surface area contributed by atoms with E-state index >= 15 is 0 Å². The molecule has 8 nitrogen and oxygen atoms in total. The van der Waals surface area contributed by atoms with Gasteiger partial charge in [-0.3, -0.25) is 14.2 Å². The van der Waals surface area contributed by atoms with Crippen molar-refractivity contribution in [3.63, 3.8) is 0 Å². The van der Waals surface area contributed by atoms with Crippen LogP contribution >= 0.6 is 0 Å². The molecule has 8 heteroatoms. The van der Waals surface area contributed by atoms with E-state index in [-0.39, 0.29) is 43.5 Å². The predicted molar refractivity (Wildman–Crippen MR) is 93.9 cm³/mol. The van der Waals surface area contributed by atoms with E-state index in [1.807, 2.05) is 13.0 Å². The van der Waals surface area contributed by atoms with Crippen LogP contribution in [0.1, 0.15) is 18.4 Å². The van der Waals surface area contributed by atoms with Crippen LogP contribution in [0.25, 0.3) is 10.9 Å². The molecule has 3 rings (SSSR count). The topological polar surface area (TPSA) is 102 Å². The van der Waals surface area contributed by atoms with Gasteiger partial charge >= 0.3 is 5.97 Å². The molecule has 2 heterocycles. The van der Waals surface area contributed by atoms with E-state index < -0.39 is 12.0 Å². The number of hydrogen-bond acceptors (Lipinski definition) is 5. The Labute approximate surface area is 150 Å². The molecule has 0 spiro atoms. The average molecular weight is 359 g/mol. The summed E-state index contributed by atoms with van der Waals surface area (Å²) < 4.78 is 6.58. The summed E-state index contributed by atoms with van der Waals surface area (Å²) in [5.74, 6) is -1.36. The summed E-state index contributed by atoms with van der Waals surface area (Å²) in [6.07, 6.45) is 1.45. The maximum absolute atomic E-state index is 12.6. The number of amides is 1. The van der Waals surface area contributed by atoms with E-state index in [1.165, 1.54) is 22.9 Å². The van der Waals surface area contributed by atoms with Crippen molar-refractivity contribution in [2.24, 2.45) is 0 Å². The quantitative estimate of drug-likeness (QED) is 0.847. The molecule has 1 aliphatic rings. The first kappa shape index (κ1) is 18.1. The predicted octanol–water partition coefficient (Wildman–Crippen LogP) is 0.796. The smallest absolute Gasteiger partial charge is 0.326 e. The standard InChI is InChI=1S/C18H21N3O5/c1-11-4-3-5-13-16(11)19-10-20(17(13)23)7-6-15(22)21-9-12(26-2)8-14(21)18(24)25/h3-5,10,12,14H,6-9H2,1-2H3,(H,24,25). The second-order valence-electron chi connectivity index (χ2n) is 6.46. The second-order valence-corrected chi connectivity index (χ2v) is 6.46. The molecule has 1 aromatic carbocycles. The Balaban J connectivity index is 1.75. The van der Waals surface area contributed by atoms with Crippen LogP contribution in [0.15, 0.2) is 29.3 Å². The van der Waals surface area contributed by atoms with E-state index in [0.29, 0.717) is 10.9 Å². The fourth-order valence-corrected chi connectivity index (χ4v) is 3.33. The number of nitrogens with zero attached hydrogens (tertiary/aromatic N) is 3. The molecule has 138 valence electrons. The van der Waals surface area contributed by atoms with Crippen molar-refractivity contribution < 1.29 is 19.4 Å². The molecule has 1 saturated heterocycles. The minimum absolute atomic E-state index is 0.0269. The SMILES string of the molecule is COC1CC(C(=O)O)N(C(=O)CCn2cnc3c(C)cccc3c2=O)C1. The zero-order valence-electron chi connectivity index (χ0n) is 14.7. The van der Waals surface area contributed by atoms with E-state index in [0.717, 1.165) is 5.56 Å². The minimum atomic E-state index is -1.04. The van der Waals surface area contributed by atoms with Gasteiger partial charge < -0.3 is 14.7 Å². The van der Waals surface area contributed by atoms with Crippen molar-refractivity contribution in [3.8, 4) is 0 Å². The number of methoxy groups -OCH3 is 1. The molecule has 1 N–H and O–H groups in total. The minimum Gasteiger partial charge on any atom is -0.480 e. The third-order valence-electron chi connectivity index (χ3n) is 4.82. The Morgan fingerprint density at radius 3 is 2.85 bits per heavy atom. The molecular weight excluding hydrogens is 338 g/mol. The van der Waals surface area contributed by atoms with Gasteiger partial charge in [0.2, 0.25) is 5.91 Å². The number of likely N-dealkylation sites (tertiary alicyclic amines) is 1. The molecule has 26 heavy (non-hydrogen) atoms.